The topological polar surface area (TPSA) is 75.9 Å². The number of piperidine rings is 2. The monoisotopic (exact) mass is 297 g/mol. The number of esters is 1. The highest BCUT2D eigenvalue weighted by molar-refractivity contribution is 5.79. The number of ether oxygens (including phenoxy) is 1. The molecule has 2 aliphatic rings. The largest absolute Gasteiger partial charge is 0.469 e. The van der Waals surface area contributed by atoms with Crippen LogP contribution in [0.1, 0.15) is 38.5 Å². The molecule has 1 unspecified atom stereocenters. The molecule has 2 N–H and O–H groups in total. The molecule has 120 valence electrons. The van der Waals surface area contributed by atoms with E-state index in [1.807, 2.05) is 4.90 Å². The normalized spacial score (nSPS) is 24.9. The number of nitrogens with two attached hydrogens (primary N) is 1. The van der Waals surface area contributed by atoms with E-state index in [2.05, 4.69) is 4.90 Å². The van der Waals surface area contributed by atoms with Crippen molar-refractivity contribution in [1.29, 1.82) is 0 Å². The molecule has 2 rings (SSSR count). The minimum atomic E-state index is -0.233. The smallest absolute Gasteiger partial charge is 0.307 e. The van der Waals surface area contributed by atoms with Crippen molar-refractivity contribution in [1.82, 2.24) is 9.80 Å². The SMILES string of the molecule is COC(=O)CC1CCCCN1C(=O)CN1CCC(N)CC1. The zero-order valence-electron chi connectivity index (χ0n) is 12.9. The van der Waals surface area contributed by atoms with Crippen LogP contribution in [0, 0.1) is 0 Å². The van der Waals surface area contributed by atoms with E-state index in [0.29, 0.717) is 13.0 Å². The molecule has 21 heavy (non-hydrogen) atoms. The van der Waals surface area contributed by atoms with E-state index in [9.17, 15) is 9.59 Å². The Morgan fingerprint density at radius 1 is 1.14 bits per heavy atom. The van der Waals surface area contributed by atoms with Crippen LogP contribution >= 0.6 is 0 Å². The number of carbonyl (C=O) groups excluding carboxylic acids is 2. The van der Waals surface area contributed by atoms with Crippen molar-refractivity contribution in [3.05, 3.63) is 0 Å². The van der Waals surface area contributed by atoms with E-state index in [1.165, 1.54) is 7.11 Å². The molecule has 0 aliphatic carbocycles. The second-order valence-corrected chi connectivity index (χ2v) is 6.13. The molecule has 0 saturated carbocycles. The van der Waals surface area contributed by atoms with Crippen LogP contribution in [0.4, 0.5) is 0 Å². The van der Waals surface area contributed by atoms with Gasteiger partial charge < -0.3 is 15.4 Å². The zero-order valence-corrected chi connectivity index (χ0v) is 12.9. The Bertz CT molecular complexity index is 367. The van der Waals surface area contributed by atoms with E-state index >= 15 is 0 Å². The van der Waals surface area contributed by atoms with E-state index in [1.54, 1.807) is 0 Å². The number of likely N-dealkylation sites (tertiary alicyclic amines) is 2. The molecule has 0 aromatic carbocycles. The number of methoxy groups -OCH3 is 1. The summed E-state index contributed by atoms with van der Waals surface area (Å²) in [5.41, 5.74) is 5.89. The maximum Gasteiger partial charge on any atom is 0.307 e. The minimum absolute atomic E-state index is 0.00532. The maximum absolute atomic E-state index is 12.5. The van der Waals surface area contributed by atoms with Gasteiger partial charge >= 0.3 is 5.97 Å². The number of rotatable bonds is 4. The van der Waals surface area contributed by atoms with Gasteiger partial charge in [0.05, 0.1) is 20.1 Å². The summed E-state index contributed by atoms with van der Waals surface area (Å²) in [5.74, 6) is -0.0947. The van der Waals surface area contributed by atoms with Gasteiger partial charge in [-0.05, 0) is 32.1 Å². The van der Waals surface area contributed by atoms with E-state index in [-0.39, 0.29) is 24.0 Å². The van der Waals surface area contributed by atoms with Crippen LogP contribution in [0.5, 0.6) is 0 Å². The fraction of sp³-hybridized carbons (Fsp3) is 0.867. The second kappa shape index (κ2) is 7.75. The Morgan fingerprint density at radius 2 is 1.86 bits per heavy atom. The summed E-state index contributed by atoms with van der Waals surface area (Å²) in [5, 5.41) is 0. The third-order valence-corrected chi connectivity index (χ3v) is 4.57. The summed E-state index contributed by atoms with van der Waals surface area (Å²) in [6.45, 7) is 2.99. The molecule has 6 nitrogen and oxygen atoms in total. The molecule has 0 radical (unpaired) electrons. The van der Waals surface area contributed by atoms with Crippen LogP contribution in [0.15, 0.2) is 0 Å². The van der Waals surface area contributed by atoms with Gasteiger partial charge in [0, 0.05) is 31.7 Å². The molecule has 0 aromatic rings. The fourth-order valence-electron chi connectivity index (χ4n) is 3.21. The lowest BCUT2D eigenvalue weighted by Gasteiger charge is -2.37. The third-order valence-electron chi connectivity index (χ3n) is 4.57. The van der Waals surface area contributed by atoms with Gasteiger partial charge in [-0.3, -0.25) is 14.5 Å². The van der Waals surface area contributed by atoms with Gasteiger partial charge in [-0.1, -0.05) is 0 Å². The van der Waals surface area contributed by atoms with Crippen LogP contribution in [0.3, 0.4) is 0 Å². The second-order valence-electron chi connectivity index (χ2n) is 6.13. The quantitative estimate of drug-likeness (QED) is 0.758. The van der Waals surface area contributed by atoms with Crippen molar-refractivity contribution in [2.24, 2.45) is 5.73 Å². The first-order valence-electron chi connectivity index (χ1n) is 7.94. The predicted molar refractivity (Wildman–Crippen MR) is 79.6 cm³/mol. The molecule has 1 atom stereocenters. The molecular formula is C15H27N3O3. The van der Waals surface area contributed by atoms with Crippen molar-refractivity contribution >= 4 is 11.9 Å². The van der Waals surface area contributed by atoms with Crippen molar-refractivity contribution in [3.8, 4) is 0 Å². The first-order valence-corrected chi connectivity index (χ1v) is 7.94. The van der Waals surface area contributed by atoms with E-state index in [4.69, 9.17) is 10.5 Å². The summed E-state index contributed by atoms with van der Waals surface area (Å²) >= 11 is 0. The molecule has 2 aliphatic heterocycles. The summed E-state index contributed by atoms with van der Waals surface area (Å²) in [4.78, 5) is 28.1. The molecule has 1 amide bonds. The Kier molecular flexibility index (Phi) is 5.99. The zero-order chi connectivity index (χ0) is 15.2. The molecule has 2 heterocycles. The Labute approximate surface area is 126 Å². The van der Waals surface area contributed by atoms with Gasteiger partial charge in [0.1, 0.15) is 0 Å². The average Bonchev–Trinajstić information content (AvgIpc) is 2.50. The molecule has 2 fully saturated rings. The molecule has 2 saturated heterocycles. The van der Waals surface area contributed by atoms with Gasteiger partial charge in [-0.2, -0.15) is 0 Å². The molecule has 0 aromatic heterocycles. The molecule has 6 heteroatoms. The highest BCUT2D eigenvalue weighted by Crippen LogP contribution is 2.21. The van der Waals surface area contributed by atoms with Crippen LogP contribution in [0.2, 0.25) is 0 Å². The van der Waals surface area contributed by atoms with Crippen LogP contribution in [-0.4, -0.2) is 67.0 Å². The van der Waals surface area contributed by atoms with Gasteiger partial charge in [-0.15, -0.1) is 0 Å². The Balaban J connectivity index is 1.87. The van der Waals surface area contributed by atoms with Gasteiger partial charge in [-0.25, -0.2) is 0 Å². The minimum Gasteiger partial charge on any atom is -0.469 e. The summed E-state index contributed by atoms with van der Waals surface area (Å²) in [6.07, 6.45) is 5.22. The van der Waals surface area contributed by atoms with Crippen LogP contribution in [0.25, 0.3) is 0 Å². The van der Waals surface area contributed by atoms with Crippen molar-refractivity contribution in [2.75, 3.05) is 33.3 Å². The number of nitrogens with zero attached hydrogens (tertiary/aromatic N) is 2. The van der Waals surface area contributed by atoms with Crippen LogP contribution in [-0.2, 0) is 14.3 Å². The fourth-order valence-corrected chi connectivity index (χ4v) is 3.21. The predicted octanol–water partition coefficient (Wildman–Crippen LogP) is 0.354. The van der Waals surface area contributed by atoms with Crippen molar-refractivity contribution < 1.29 is 14.3 Å². The van der Waals surface area contributed by atoms with E-state index in [0.717, 1.165) is 51.7 Å². The average molecular weight is 297 g/mol. The lowest BCUT2D eigenvalue weighted by molar-refractivity contribution is -0.145. The van der Waals surface area contributed by atoms with E-state index < -0.39 is 0 Å². The first kappa shape index (κ1) is 16.2. The lowest BCUT2D eigenvalue weighted by atomic mass is 9.99. The molecule has 0 spiro atoms. The van der Waals surface area contributed by atoms with Crippen molar-refractivity contribution in [3.63, 3.8) is 0 Å². The number of hydrogen-bond donors (Lipinski definition) is 1. The maximum atomic E-state index is 12.5. The summed E-state index contributed by atoms with van der Waals surface area (Å²) < 4.78 is 4.74. The summed E-state index contributed by atoms with van der Waals surface area (Å²) in [7, 11) is 1.40. The molecular weight excluding hydrogens is 270 g/mol. The van der Waals surface area contributed by atoms with Gasteiger partial charge in [0.25, 0.3) is 0 Å². The third kappa shape index (κ3) is 4.68. The lowest BCUT2D eigenvalue weighted by Crippen LogP contribution is -2.50. The van der Waals surface area contributed by atoms with Crippen molar-refractivity contribution in [2.45, 2.75) is 50.6 Å². The Morgan fingerprint density at radius 3 is 2.52 bits per heavy atom. The standard InChI is InChI=1S/C15H27N3O3/c1-21-15(20)10-13-4-2-3-7-18(13)14(19)11-17-8-5-12(16)6-9-17/h12-13H,2-11,16H2,1H3. The Hall–Kier alpha value is -1.14. The summed E-state index contributed by atoms with van der Waals surface area (Å²) in [6, 6.07) is 0.282. The first-order chi connectivity index (χ1) is 10.1. The molecule has 0 bridgehead atoms. The highest BCUT2D eigenvalue weighted by atomic mass is 16.5. The van der Waals surface area contributed by atoms with Gasteiger partial charge in [0.2, 0.25) is 5.91 Å². The number of amides is 1. The highest BCUT2D eigenvalue weighted by Gasteiger charge is 2.30. The van der Waals surface area contributed by atoms with Gasteiger partial charge in [0.15, 0.2) is 0 Å². The number of hydrogen-bond acceptors (Lipinski definition) is 5. The number of carbonyl (C=O) groups is 2. The van der Waals surface area contributed by atoms with Crippen LogP contribution < -0.4 is 5.73 Å².